The van der Waals surface area contributed by atoms with Gasteiger partial charge in [-0.2, -0.15) is 0 Å². The lowest BCUT2D eigenvalue weighted by atomic mass is 9.94. The Morgan fingerprint density at radius 3 is 2.61 bits per heavy atom. The summed E-state index contributed by atoms with van der Waals surface area (Å²) in [4.78, 5) is 31.0. The predicted octanol–water partition coefficient (Wildman–Crippen LogP) is 1.57. The average molecular weight is 240 g/mol. The first-order valence-corrected chi connectivity index (χ1v) is 5.59. The second-order valence-corrected chi connectivity index (χ2v) is 3.86. The maximum Gasteiger partial charge on any atom is 0.153 e. The van der Waals surface area contributed by atoms with Crippen LogP contribution in [0, 0.1) is 0 Å². The van der Waals surface area contributed by atoms with E-state index in [0.29, 0.717) is 17.5 Å². The minimum absolute atomic E-state index is 0.117. The van der Waals surface area contributed by atoms with E-state index >= 15 is 0 Å². The van der Waals surface area contributed by atoms with E-state index in [1.165, 1.54) is 12.4 Å². The number of benzene rings is 1. The lowest BCUT2D eigenvalue weighted by molar-refractivity contribution is -0.123. The minimum atomic E-state index is -0.729. The van der Waals surface area contributed by atoms with E-state index in [0.717, 1.165) is 0 Å². The number of carbonyl (C=O) groups excluding carboxylic acids is 2. The molecule has 0 saturated heterocycles. The quantitative estimate of drug-likeness (QED) is 0.588. The smallest absolute Gasteiger partial charge is 0.153 e. The maximum atomic E-state index is 12.0. The third-order valence-corrected chi connectivity index (χ3v) is 2.61. The largest absolute Gasteiger partial charge is 0.302 e. The maximum absolute atomic E-state index is 12.0. The molecule has 4 nitrogen and oxygen atoms in total. The molecule has 0 spiro atoms. The zero-order valence-corrected chi connectivity index (χ0v) is 9.69. The molecule has 0 fully saturated rings. The van der Waals surface area contributed by atoms with Crippen molar-refractivity contribution in [2.75, 3.05) is 0 Å². The van der Waals surface area contributed by atoms with Crippen molar-refractivity contribution in [3.05, 3.63) is 60.2 Å². The van der Waals surface area contributed by atoms with Gasteiger partial charge >= 0.3 is 0 Å². The van der Waals surface area contributed by atoms with Gasteiger partial charge in [-0.15, -0.1) is 0 Å². The molecule has 0 amide bonds. The fourth-order valence-electron chi connectivity index (χ4n) is 1.71. The molecule has 0 saturated carbocycles. The molecule has 0 bridgehead atoms. The molecule has 1 unspecified atom stereocenters. The molecule has 0 aliphatic carbocycles. The summed E-state index contributed by atoms with van der Waals surface area (Å²) in [5.74, 6) is -0.898. The summed E-state index contributed by atoms with van der Waals surface area (Å²) >= 11 is 0. The van der Waals surface area contributed by atoms with Crippen molar-refractivity contribution < 1.29 is 9.59 Å². The zero-order valence-electron chi connectivity index (χ0n) is 9.69. The normalized spacial score (nSPS) is 11.8. The third-order valence-electron chi connectivity index (χ3n) is 2.61. The van der Waals surface area contributed by atoms with E-state index in [9.17, 15) is 9.59 Å². The number of hydrogen-bond acceptors (Lipinski definition) is 4. The number of carbonyl (C=O) groups is 2. The highest BCUT2D eigenvalue weighted by atomic mass is 16.1. The van der Waals surface area contributed by atoms with Crippen LogP contribution >= 0.6 is 0 Å². The van der Waals surface area contributed by atoms with Crippen LogP contribution < -0.4 is 0 Å². The van der Waals surface area contributed by atoms with Gasteiger partial charge in [0.1, 0.15) is 6.29 Å². The van der Waals surface area contributed by atoms with Gasteiger partial charge in [-0.05, 0) is 5.56 Å². The fourth-order valence-corrected chi connectivity index (χ4v) is 1.71. The molecule has 4 heteroatoms. The number of hydrogen-bond donors (Lipinski definition) is 0. The van der Waals surface area contributed by atoms with Crippen LogP contribution in [0.2, 0.25) is 0 Å². The molecule has 18 heavy (non-hydrogen) atoms. The fraction of sp³-hybridized carbons (Fsp3) is 0.143. The molecule has 1 atom stereocenters. The van der Waals surface area contributed by atoms with Crippen LogP contribution in [0.3, 0.4) is 0 Å². The first kappa shape index (κ1) is 12.1. The second kappa shape index (κ2) is 5.82. The standard InChI is InChI=1S/C14H12N2O2/c17-10-13(11-4-2-1-3-5-11)14(18)8-12-9-15-6-7-16-12/h1-7,9-10,13H,8H2. The van der Waals surface area contributed by atoms with E-state index in [4.69, 9.17) is 0 Å². The van der Waals surface area contributed by atoms with Gasteiger partial charge in [-0.1, -0.05) is 30.3 Å². The van der Waals surface area contributed by atoms with E-state index in [1.807, 2.05) is 6.07 Å². The summed E-state index contributed by atoms with van der Waals surface area (Å²) in [7, 11) is 0. The van der Waals surface area contributed by atoms with Crippen LogP contribution in [0.25, 0.3) is 0 Å². The Bertz CT molecular complexity index is 526. The average Bonchev–Trinajstić information content (AvgIpc) is 2.42. The molecule has 1 aromatic heterocycles. The third kappa shape index (κ3) is 2.85. The predicted molar refractivity (Wildman–Crippen MR) is 66.0 cm³/mol. The Labute approximate surface area is 105 Å². The van der Waals surface area contributed by atoms with Gasteiger partial charge in [-0.25, -0.2) is 0 Å². The van der Waals surface area contributed by atoms with Crippen molar-refractivity contribution in [2.45, 2.75) is 12.3 Å². The molecule has 0 aliphatic heterocycles. The first-order chi connectivity index (χ1) is 8.81. The van der Waals surface area contributed by atoms with Gasteiger partial charge in [0.25, 0.3) is 0 Å². The second-order valence-electron chi connectivity index (χ2n) is 3.86. The Hall–Kier alpha value is -2.36. The van der Waals surface area contributed by atoms with Gasteiger partial charge < -0.3 is 4.79 Å². The number of aromatic nitrogens is 2. The van der Waals surface area contributed by atoms with Crippen molar-refractivity contribution in [1.29, 1.82) is 0 Å². The molecule has 1 heterocycles. The Morgan fingerprint density at radius 2 is 2.00 bits per heavy atom. The monoisotopic (exact) mass is 240 g/mol. The van der Waals surface area contributed by atoms with Crippen LogP contribution in [0.1, 0.15) is 17.2 Å². The van der Waals surface area contributed by atoms with E-state index < -0.39 is 5.92 Å². The first-order valence-electron chi connectivity index (χ1n) is 5.59. The SMILES string of the molecule is O=CC(C(=O)Cc1cnccn1)c1ccccc1. The minimum Gasteiger partial charge on any atom is -0.302 e. The molecule has 90 valence electrons. The van der Waals surface area contributed by atoms with Crippen LogP contribution in [-0.2, 0) is 16.0 Å². The number of nitrogens with zero attached hydrogens (tertiary/aromatic N) is 2. The Kier molecular flexibility index (Phi) is 3.91. The van der Waals surface area contributed by atoms with Crippen LogP contribution in [-0.4, -0.2) is 22.0 Å². The molecular weight excluding hydrogens is 228 g/mol. The van der Waals surface area contributed by atoms with Crippen LogP contribution in [0.15, 0.2) is 48.9 Å². The topological polar surface area (TPSA) is 59.9 Å². The number of rotatable bonds is 5. The van der Waals surface area contributed by atoms with Gasteiger partial charge in [0.2, 0.25) is 0 Å². The van der Waals surface area contributed by atoms with Gasteiger partial charge in [-0.3, -0.25) is 14.8 Å². The molecular formula is C14H12N2O2. The number of aldehydes is 1. The summed E-state index contributed by atoms with van der Waals surface area (Å²) in [5.41, 5.74) is 1.28. The van der Waals surface area contributed by atoms with Gasteiger partial charge in [0.15, 0.2) is 5.78 Å². The summed E-state index contributed by atoms with van der Waals surface area (Å²) in [6, 6.07) is 9.00. The number of Topliss-reactive ketones (excluding diaryl/α,β-unsaturated/α-hetero) is 1. The van der Waals surface area contributed by atoms with Crippen molar-refractivity contribution in [3.8, 4) is 0 Å². The zero-order chi connectivity index (χ0) is 12.8. The number of ketones is 1. The lowest BCUT2D eigenvalue weighted by Gasteiger charge is -2.08. The summed E-state index contributed by atoms with van der Waals surface area (Å²) in [5, 5.41) is 0. The highest BCUT2D eigenvalue weighted by Gasteiger charge is 2.20. The van der Waals surface area contributed by atoms with Crippen molar-refractivity contribution in [1.82, 2.24) is 9.97 Å². The summed E-state index contributed by atoms with van der Waals surface area (Å²) in [6.07, 6.45) is 5.40. The molecule has 0 radical (unpaired) electrons. The summed E-state index contributed by atoms with van der Waals surface area (Å²) in [6.45, 7) is 0. The molecule has 0 aliphatic rings. The van der Waals surface area contributed by atoms with Crippen LogP contribution in [0.4, 0.5) is 0 Å². The lowest BCUT2D eigenvalue weighted by Crippen LogP contribution is -2.17. The van der Waals surface area contributed by atoms with E-state index in [2.05, 4.69) is 9.97 Å². The highest BCUT2D eigenvalue weighted by Crippen LogP contribution is 2.15. The van der Waals surface area contributed by atoms with E-state index in [1.54, 1.807) is 30.5 Å². The van der Waals surface area contributed by atoms with Crippen molar-refractivity contribution in [3.63, 3.8) is 0 Å². The van der Waals surface area contributed by atoms with Crippen molar-refractivity contribution in [2.24, 2.45) is 0 Å². The van der Waals surface area contributed by atoms with E-state index in [-0.39, 0.29) is 12.2 Å². The van der Waals surface area contributed by atoms with Gasteiger partial charge in [0, 0.05) is 18.6 Å². The molecule has 2 rings (SSSR count). The summed E-state index contributed by atoms with van der Waals surface area (Å²) < 4.78 is 0. The van der Waals surface area contributed by atoms with Crippen molar-refractivity contribution >= 4 is 12.1 Å². The Morgan fingerprint density at radius 1 is 1.22 bits per heavy atom. The molecule has 1 aromatic carbocycles. The molecule has 0 N–H and O–H groups in total. The Balaban J connectivity index is 2.14. The molecule has 2 aromatic rings. The van der Waals surface area contributed by atoms with Gasteiger partial charge in [0.05, 0.1) is 18.0 Å². The van der Waals surface area contributed by atoms with Crippen LogP contribution in [0.5, 0.6) is 0 Å². The highest BCUT2D eigenvalue weighted by molar-refractivity contribution is 5.99.